The Bertz CT molecular complexity index is 196. The summed E-state index contributed by atoms with van der Waals surface area (Å²) in [6, 6.07) is 0.197. The second-order valence-electron chi connectivity index (χ2n) is 4.64. The highest BCUT2D eigenvalue weighted by atomic mass is 19.4. The normalized spacial score (nSPS) is 18.2. The molecule has 2 nitrogen and oxygen atoms in total. The topological polar surface area (TPSA) is 32.3 Å². The Morgan fingerprint density at radius 2 is 1.81 bits per heavy atom. The van der Waals surface area contributed by atoms with Crippen molar-refractivity contribution in [3.8, 4) is 0 Å². The lowest BCUT2D eigenvalue weighted by Crippen LogP contribution is -2.49. The van der Waals surface area contributed by atoms with E-state index in [2.05, 4.69) is 5.32 Å². The fraction of sp³-hybridized carbons (Fsp3) is 1.00. The third kappa shape index (κ3) is 7.06. The van der Waals surface area contributed by atoms with E-state index in [1.54, 1.807) is 6.92 Å². The van der Waals surface area contributed by atoms with Gasteiger partial charge in [-0.25, -0.2) is 0 Å². The number of hydrogen-bond donors (Lipinski definition) is 2. The zero-order valence-electron chi connectivity index (χ0n) is 10.2. The Labute approximate surface area is 95.2 Å². The smallest absolute Gasteiger partial charge is 0.389 e. The molecule has 0 rings (SSSR count). The Morgan fingerprint density at radius 1 is 1.25 bits per heavy atom. The predicted octanol–water partition coefficient (Wildman–Crippen LogP) is 2.86. The van der Waals surface area contributed by atoms with Crippen LogP contribution in [0, 0.1) is 0 Å². The Kier molecular flexibility index (Phi) is 6.33. The maximum atomic E-state index is 12.0. The van der Waals surface area contributed by atoms with Crippen molar-refractivity contribution in [1.29, 1.82) is 0 Å². The van der Waals surface area contributed by atoms with E-state index in [0.717, 1.165) is 6.42 Å². The van der Waals surface area contributed by atoms with Gasteiger partial charge in [-0.2, -0.15) is 13.2 Å². The number of hydrogen-bond acceptors (Lipinski definition) is 2. The number of rotatable bonds is 7. The second kappa shape index (κ2) is 6.45. The van der Waals surface area contributed by atoms with Crippen LogP contribution >= 0.6 is 0 Å². The average molecular weight is 241 g/mol. The zero-order chi connectivity index (χ0) is 12.8. The quantitative estimate of drug-likeness (QED) is 0.718. The molecule has 0 fully saturated rings. The number of nitrogens with one attached hydrogen (secondary N) is 1. The summed E-state index contributed by atoms with van der Waals surface area (Å²) in [6.07, 6.45) is -3.64. The first-order valence-corrected chi connectivity index (χ1v) is 5.68. The molecule has 0 spiro atoms. The van der Waals surface area contributed by atoms with Crippen molar-refractivity contribution in [3.63, 3.8) is 0 Å². The summed E-state index contributed by atoms with van der Waals surface area (Å²) in [4.78, 5) is 0. The van der Waals surface area contributed by atoms with Gasteiger partial charge in [-0.15, -0.1) is 0 Å². The Balaban J connectivity index is 4.06. The van der Waals surface area contributed by atoms with E-state index >= 15 is 0 Å². The van der Waals surface area contributed by atoms with Crippen molar-refractivity contribution in [1.82, 2.24) is 5.32 Å². The summed E-state index contributed by atoms with van der Waals surface area (Å²) in [5.41, 5.74) is -0.610. The van der Waals surface area contributed by atoms with Crippen molar-refractivity contribution in [2.45, 2.75) is 64.2 Å². The van der Waals surface area contributed by atoms with E-state index in [1.165, 1.54) is 0 Å². The van der Waals surface area contributed by atoms with E-state index in [0.29, 0.717) is 6.42 Å². The number of aliphatic hydroxyl groups is 1. The SMILES string of the molecule is CCC(C)NC(C)(CO)CCCC(F)(F)F. The number of halogens is 3. The molecule has 2 unspecified atom stereocenters. The van der Waals surface area contributed by atoms with E-state index in [9.17, 15) is 18.3 Å². The summed E-state index contributed by atoms with van der Waals surface area (Å²) < 4.78 is 35.9. The third-order valence-corrected chi connectivity index (χ3v) is 2.75. The molecule has 2 atom stereocenters. The standard InChI is InChI=1S/C11H22F3NO/c1-4-9(2)15-10(3,8-16)6-5-7-11(12,13)14/h9,15-16H,4-8H2,1-3H3. The highest BCUT2D eigenvalue weighted by Gasteiger charge is 2.30. The van der Waals surface area contributed by atoms with Gasteiger partial charge in [0.15, 0.2) is 0 Å². The van der Waals surface area contributed by atoms with Crippen LogP contribution in [0.15, 0.2) is 0 Å². The van der Waals surface area contributed by atoms with Gasteiger partial charge in [-0.3, -0.25) is 0 Å². The fourth-order valence-electron chi connectivity index (χ4n) is 1.57. The summed E-state index contributed by atoms with van der Waals surface area (Å²) in [7, 11) is 0. The minimum Gasteiger partial charge on any atom is -0.394 e. The molecular weight excluding hydrogens is 219 g/mol. The highest BCUT2D eigenvalue weighted by molar-refractivity contribution is 4.84. The molecule has 2 N–H and O–H groups in total. The van der Waals surface area contributed by atoms with Crippen LogP contribution in [0.5, 0.6) is 0 Å². The second-order valence-corrected chi connectivity index (χ2v) is 4.64. The van der Waals surface area contributed by atoms with Gasteiger partial charge < -0.3 is 10.4 Å². The first kappa shape index (κ1) is 15.7. The van der Waals surface area contributed by atoms with Gasteiger partial charge in [0.05, 0.1) is 6.61 Å². The molecule has 0 bridgehead atoms. The van der Waals surface area contributed by atoms with Crippen LogP contribution in [0.1, 0.15) is 46.5 Å². The van der Waals surface area contributed by atoms with E-state index in [4.69, 9.17) is 0 Å². The fourth-order valence-corrected chi connectivity index (χ4v) is 1.57. The maximum absolute atomic E-state index is 12.0. The van der Waals surface area contributed by atoms with E-state index < -0.39 is 18.1 Å². The maximum Gasteiger partial charge on any atom is 0.389 e. The van der Waals surface area contributed by atoms with E-state index in [-0.39, 0.29) is 19.1 Å². The van der Waals surface area contributed by atoms with Crippen molar-refractivity contribution in [3.05, 3.63) is 0 Å². The molecule has 5 heteroatoms. The van der Waals surface area contributed by atoms with Gasteiger partial charge in [0.2, 0.25) is 0 Å². The van der Waals surface area contributed by atoms with Crippen LogP contribution < -0.4 is 5.32 Å². The zero-order valence-corrected chi connectivity index (χ0v) is 10.2. The minimum atomic E-state index is -4.10. The monoisotopic (exact) mass is 241 g/mol. The molecule has 0 aromatic carbocycles. The van der Waals surface area contributed by atoms with Crippen LogP contribution in [0.3, 0.4) is 0 Å². The van der Waals surface area contributed by atoms with Crippen LogP contribution in [-0.2, 0) is 0 Å². The number of alkyl halides is 3. The van der Waals surface area contributed by atoms with Crippen LogP contribution in [0.4, 0.5) is 13.2 Å². The third-order valence-electron chi connectivity index (χ3n) is 2.75. The van der Waals surface area contributed by atoms with Gasteiger partial charge in [0.25, 0.3) is 0 Å². The molecule has 0 aliphatic carbocycles. The molecule has 0 aromatic heterocycles. The lowest BCUT2D eigenvalue weighted by atomic mass is 9.94. The van der Waals surface area contributed by atoms with Gasteiger partial charge >= 0.3 is 6.18 Å². The molecule has 0 aliphatic rings. The average Bonchev–Trinajstić information content (AvgIpc) is 2.15. The van der Waals surface area contributed by atoms with Gasteiger partial charge in [0, 0.05) is 18.0 Å². The molecular formula is C11H22F3NO. The summed E-state index contributed by atoms with van der Waals surface area (Å²) in [6.45, 7) is 5.56. The van der Waals surface area contributed by atoms with Crippen LogP contribution in [0.2, 0.25) is 0 Å². The molecule has 98 valence electrons. The largest absolute Gasteiger partial charge is 0.394 e. The summed E-state index contributed by atoms with van der Waals surface area (Å²) in [5, 5.41) is 12.4. The van der Waals surface area contributed by atoms with Crippen molar-refractivity contribution >= 4 is 0 Å². The molecule has 0 aromatic rings. The van der Waals surface area contributed by atoms with Gasteiger partial charge in [-0.1, -0.05) is 6.92 Å². The van der Waals surface area contributed by atoms with Gasteiger partial charge in [-0.05, 0) is 33.1 Å². The van der Waals surface area contributed by atoms with Crippen molar-refractivity contribution < 1.29 is 18.3 Å². The first-order chi connectivity index (χ1) is 7.22. The number of aliphatic hydroxyl groups excluding tert-OH is 1. The molecule has 0 saturated carbocycles. The Hall–Kier alpha value is -0.290. The van der Waals surface area contributed by atoms with Crippen LogP contribution in [-0.4, -0.2) is 29.5 Å². The molecule has 0 radical (unpaired) electrons. The van der Waals surface area contributed by atoms with Crippen LogP contribution in [0.25, 0.3) is 0 Å². The Morgan fingerprint density at radius 3 is 2.19 bits per heavy atom. The van der Waals surface area contributed by atoms with E-state index in [1.807, 2.05) is 13.8 Å². The molecule has 16 heavy (non-hydrogen) atoms. The van der Waals surface area contributed by atoms with Crippen molar-refractivity contribution in [2.75, 3.05) is 6.61 Å². The molecule has 0 aliphatic heterocycles. The lowest BCUT2D eigenvalue weighted by Gasteiger charge is -2.32. The molecule has 0 amide bonds. The van der Waals surface area contributed by atoms with Crippen molar-refractivity contribution in [2.24, 2.45) is 0 Å². The highest BCUT2D eigenvalue weighted by Crippen LogP contribution is 2.25. The summed E-state index contributed by atoms with van der Waals surface area (Å²) >= 11 is 0. The van der Waals surface area contributed by atoms with Gasteiger partial charge in [0.1, 0.15) is 0 Å². The molecule has 0 heterocycles. The summed E-state index contributed by atoms with van der Waals surface area (Å²) in [5.74, 6) is 0. The first-order valence-electron chi connectivity index (χ1n) is 5.68. The lowest BCUT2D eigenvalue weighted by molar-refractivity contribution is -0.136. The predicted molar refractivity (Wildman–Crippen MR) is 58.3 cm³/mol. The minimum absolute atomic E-state index is 0.0456. The molecule has 0 saturated heterocycles.